The van der Waals surface area contributed by atoms with Gasteiger partial charge in [0.05, 0.1) is 12.2 Å². The van der Waals surface area contributed by atoms with E-state index >= 15 is 0 Å². The molecule has 24 heavy (non-hydrogen) atoms. The van der Waals surface area contributed by atoms with Crippen molar-refractivity contribution in [1.82, 2.24) is 5.32 Å². The molecule has 2 aromatic carbocycles. The molecule has 3 rings (SSSR count). The third-order valence-electron chi connectivity index (χ3n) is 3.78. The fourth-order valence-electron chi connectivity index (χ4n) is 2.51. The van der Waals surface area contributed by atoms with E-state index in [-0.39, 0.29) is 12.2 Å². The molecule has 0 radical (unpaired) electrons. The molecule has 1 aliphatic rings. The summed E-state index contributed by atoms with van der Waals surface area (Å²) in [5.74, 6) is 0.530. The number of benzene rings is 2. The molecule has 0 bridgehead atoms. The van der Waals surface area contributed by atoms with E-state index in [9.17, 15) is 14.2 Å². The van der Waals surface area contributed by atoms with Crippen LogP contribution >= 0.6 is 11.8 Å². The lowest BCUT2D eigenvalue weighted by Gasteiger charge is -2.08. The number of halogens is 1. The fourth-order valence-corrected chi connectivity index (χ4v) is 3.33. The molecule has 0 saturated heterocycles. The Kier molecular flexibility index (Phi) is 5.55. The van der Waals surface area contributed by atoms with Gasteiger partial charge in [-0.25, -0.2) is 4.39 Å². The minimum Gasteiger partial charge on any atom is -0.423 e. The van der Waals surface area contributed by atoms with Gasteiger partial charge in [-0.05, 0) is 28.7 Å². The standard InChI is InChI=1S/C17H17BFNO3S/c19-16-8-13-10-23-18(22)15(13)9-14(16)17(21)20-6-7-24-11-12-4-2-1-3-5-12/h1-5,8-9,22H,6-7,10-11H2,(H,20,21). The number of carbonyl (C=O) groups is 1. The number of carbonyl (C=O) groups excluding carboxylic acids is 1. The van der Waals surface area contributed by atoms with Gasteiger partial charge in [-0.2, -0.15) is 11.8 Å². The third-order valence-corrected chi connectivity index (χ3v) is 4.81. The van der Waals surface area contributed by atoms with Crippen LogP contribution in [-0.4, -0.2) is 30.3 Å². The molecule has 0 spiro atoms. The van der Waals surface area contributed by atoms with Gasteiger partial charge in [0, 0.05) is 18.1 Å². The summed E-state index contributed by atoms with van der Waals surface area (Å²) in [4.78, 5) is 12.1. The van der Waals surface area contributed by atoms with Crippen LogP contribution in [0.2, 0.25) is 0 Å². The monoisotopic (exact) mass is 345 g/mol. The number of amides is 1. The maximum Gasteiger partial charge on any atom is 0.491 e. The minimum absolute atomic E-state index is 0.0636. The summed E-state index contributed by atoms with van der Waals surface area (Å²) in [6.45, 7) is 0.608. The van der Waals surface area contributed by atoms with Crippen molar-refractivity contribution in [2.75, 3.05) is 12.3 Å². The number of fused-ring (bicyclic) bond motifs is 1. The van der Waals surface area contributed by atoms with Crippen LogP contribution in [-0.2, 0) is 17.0 Å². The second kappa shape index (κ2) is 7.83. The highest BCUT2D eigenvalue weighted by Gasteiger charge is 2.29. The van der Waals surface area contributed by atoms with E-state index in [2.05, 4.69) is 17.4 Å². The molecular formula is C17H17BFNO3S. The Morgan fingerprint density at radius 1 is 1.33 bits per heavy atom. The molecule has 0 atom stereocenters. The van der Waals surface area contributed by atoms with Crippen LogP contribution in [0.5, 0.6) is 0 Å². The van der Waals surface area contributed by atoms with E-state index in [0.717, 1.165) is 11.5 Å². The molecule has 0 aromatic heterocycles. The lowest BCUT2D eigenvalue weighted by Crippen LogP contribution is -2.32. The van der Waals surface area contributed by atoms with E-state index in [1.165, 1.54) is 17.7 Å². The zero-order valence-electron chi connectivity index (χ0n) is 13.0. The van der Waals surface area contributed by atoms with Gasteiger partial charge >= 0.3 is 7.12 Å². The van der Waals surface area contributed by atoms with Crippen molar-refractivity contribution in [1.29, 1.82) is 0 Å². The normalized spacial score (nSPS) is 13.0. The van der Waals surface area contributed by atoms with Crippen LogP contribution < -0.4 is 10.8 Å². The first kappa shape index (κ1) is 17.0. The predicted octanol–water partition coefficient (Wildman–Crippen LogP) is 1.71. The third kappa shape index (κ3) is 3.98. The zero-order chi connectivity index (χ0) is 16.9. The molecule has 4 nitrogen and oxygen atoms in total. The molecule has 1 heterocycles. The summed E-state index contributed by atoms with van der Waals surface area (Å²) >= 11 is 1.70. The van der Waals surface area contributed by atoms with E-state index < -0.39 is 18.8 Å². The van der Waals surface area contributed by atoms with Crippen LogP contribution in [0.3, 0.4) is 0 Å². The second-order valence-electron chi connectivity index (χ2n) is 5.49. The average molecular weight is 345 g/mol. The highest BCUT2D eigenvalue weighted by molar-refractivity contribution is 7.98. The summed E-state index contributed by atoms with van der Waals surface area (Å²) in [5, 5.41) is 12.4. The lowest BCUT2D eigenvalue weighted by molar-refractivity contribution is 0.0952. The Morgan fingerprint density at radius 2 is 2.12 bits per heavy atom. The van der Waals surface area contributed by atoms with E-state index in [4.69, 9.17) is 4.65 Å². The van der Waals surface area contributed by atoms with Crippen molar-refractivity contribution < 1.29 is 18.9 Å². The van der Waals surface area contributed by atoms with Gasteiger partial charge in [-0.3, -0.25) is 4.79 Å². The molecule has 0 saturated carbocycles. The first-order chi connectivity index (χ1) is 11.6. The largest absolute Gasteiger partial charge is 0.491 e. The molecule has 124 valence electrons. The first-order valence-corrected chi connectivity index (χ1v) is 8.82. The minimum atomic E-state index is -1.09. The number of nitrogens with one attached hydrogen (secondary N) is 1. The lowest BCUT2D eigenvalue weighted by atomic mass is 9.78. The number of hydrogen-bond donors (Lipinski definition) is 2. The second-order valence-corrected chi connectivity index (χ2v) is 6.59. The van der Waals surface area contributed by atoms with E-state index in [1.807, 2.05) is 18.2 Å². The summed E-state index contributed by atoms with van der Waals surface area (Å²) in [6.07, 6.45) is 0. The highest BCUT2D eigenvalue weighted by atomic mass is 32.2. The van der Waals surface area contributed by atoms with Crippen molar-refractivity contribution in [3.05, 3.63) is 65.0 Å². The fraction of sp³-hybridized carbons (Fsp3) is 0.235. The highest BCUT2D eigenvalue weighted by Crippen LogP contribution is 2.15. The smallest absolute Gasteiger partial charge is 0.423 e. The molecule has 0 unspecified atom stereocenters. The van der Waals surface area contributed by atoms with Gasteiger partial charge < -0.3 is 15.0 Å². The maximum absolute atomic E-state index is 14.0. The van der Waals surface area contributed by atoms with E-state index in [1.54, 1.807) is 11.8 Å². The predicted molar refractivity (Wildman–Crippen MR) is 93.7 cm³/mol. The van der Waals surface area contributed by atoms with Crippen molar-refractivity contribution in [3.8, 4) is 0 Å². The number of rotatable bonds is 6. The van der Waals surface area contributed by atoms with Gasteiger partial charge in [0.2, 0.25) is 0 Å². The maximum atomic E-state index is 14.0. The van der Waals surface area contributed by atoms with Gasteiger partial charge in [-0.1, -0.05) is 30.3 Å². The quantitative estimate of drug-likeness (QED) is 0.618. The average Bonchev–Trinajstić information content (AvgIpc) is 2.94. The van der Waals surface area contributed by atoms with Crippen molar-refractivity contribution in [3.63, 3.8) is 0 Å². The zero-order valence-corrected chi connectivity index (χ0v) is 13.8. The Labute approximate surface area is 144 Å². The van der Waals surface area contributed by atoms with Crippen LogP contribution in [0.1, 0.15) is 21.5 Å². The molecule has 2 aromatic rings. The Hall–Kier alpha value is -1.83. The molecule has 1 amide bonds. The summed E-state index contributed by atoms with van der Waals surface area (Å²) in [5.41, 5.74) is 2.20. The summed E-state index contributed by atoms with van der Waals surface area (Å²) in [7, 11) is -1.09. The Morgan fingerprint density at radius 3 is 2.92 bits per heavy atom. The molecule has 1 aliphatic heterocycles. The SMILES string of the molecule is O=C(NCCSCc1ccccc1)c1cc2c(cc1F)COB2O. The Balaban J connectivity index is 1.50. The van der Waals surface area contributed by atoms with Crippen molar-refractivity contribution in [2.24, 2.45) is 0 Å². The van der Waals surface area contributed by atoms with Crippen LogP contribution in [0.25, 0.3) is 0 Å². The van der Waals surface area contributed by atoms with Gasteiger partial charge in [-0.15, -0.1) is 0 Å². The van der Waals surface area contributed by atoms with Crippen LogP contribution in [0.15, 0.2) is 42.5 Å². The summed E-state index contributed by atoms with van der Waals surface area (Å²) in [6, 6.07) is 12.7. The Bertz CT molecular complexity index is 729. The van der Waals surface area contributed by atoms with Crippen molar-refractivity contribution >= 4 is 30.3 Å². The van der Waals surface area contributed by atoms with E-state index in [0.29, 0.717) is 17.6 Å². The summed E-state index contributed by atoms with van der Waals surface area (Å²) < 4.78 is 19.0. The molecule has 0 aliphatic carbocycles. The molecular weight excluding hydrogens is 328 g/mol. The van der Waals surface area contributed by atoms with Crippen LogP contribution in [0.4, 0.5) is 4.39 Å². The van der Waals surface area contributed by atoms with Crippen molar-refractivity contribution in [2.45, 2.75) is 12.4 Å². The number of hydrogen-bond acceptors (Lipinski definition) is 4. The molecule has 7 heteroatoms. The van der Waals surface area contributed by atoms with Gasteiger partial charge in [0.25, 0.3) is 5.91 Å². The topological polar surface area (TPSA) is 58.6 Å². The molecule has 0 fully saturated rings. The van der Waals surface area contributed by atoms with Gasteiger partial charge in [0.15, 0.2) is 0 Å². The van der Waals surface area contributed by atoms with Gasteiger partial charge in [0.1, 0.15) is 5.82 Å². The van der Waals surface area contributed by atoms with Crippen LogP contribution in [0, 0.1) is 5.82 Å². The first-order valence-electron chi connectivity index (χ1n) is 7.67. The number of thioether (sulfide) groups is 1. The molecule has 2 N–H and O–H groups in total.